The number of hydrogen-bond acceptors (Lipinski definition) is 3. The van der Waals surface area contributed by atoms with Crippen LogP contribution in [0.5, 0.6) is 0 Å². The van der Waals surface area contributed by atoms with E-state index < -0.39 is 11.7 Å². The van der Waals surface area contributed by atoms with Gasteiger partial charge in [-0.1, -0.05) is 54.2 Å². The van der Waals surface area contributed by atoms with Gasteiger partial charge in [0.1, 0.15) is 0 Å². The van der Waals surface area contributed by atoms with Gasteiger partial charge >= 0.3 is 6.18 Å². The van der Waals surface area contributed by atoms with Crippen molar-refractivity contribution in [2.75, 3.05) is 11.9 Å². The summed E-state index contributed by atoms with van der Waals surface area (Å²) in [4.78, 5) is 28.4. The molecule has 186 valence electrons. The van der Waals surface area contributed by atoms with Gasteiger partial charge in [0.2, 0.25) is 0 Å². The largest absolute Gasteiger partial charge is 0.416 e. The third kappa shape index (κ3) is 5.99. The van der Waals surface area contributed by atoms with Crippen LogP contribution in [0.2, 0.25) is 0 Å². The van der Waals surface area contributed by atoms with E-state index in [1.54, 1.807) is 31.3 Å². The second kappa shape index (κ2) is 10.6. The molecule has 0 bridgehead atoms. The van der Waals surface area contributed by atoms with Gasteiger partial charge in [0, 0.05) is 23.5 Å². The number of anilines is 1. The Morgan fingerprint density at radius 1 is 1.06 bits per heavy atom. The summed E-state index contributed by atoms with van der Waals surface area (Å²) >= 11 is 1.23. The third-order valence-corrected chi connectivity index (χ3v) is 7.02. The second-order valence-corrected chi connectivity index (χ2v) is 9.76. The standard InChI is InChI=1S/C28H25F3N2O2S/c1-18(8-9-19-6-4-3-5-7-19)32-26(34)21-12-15-24-23(17-21)33(2)27(35)25(36-24)16-20-10-13-22(14-11-20)28(29,30)31/h3-7,10-18H,8-9H2,1-2H3,(H,32,34). The molecule has 2 amide bonds. The quantitative estimate of drug-likeness (QED) is 0.382. The highest BCUT2D eigenvalue weighted by Crippen LogP contribution is 2.42. The van der Waals surface area contributed by atoms with E-state index >= 15 is 0 Å². The Morgan fingerprint density at radius 2 is 1.75 bits per heavy atom. The molecule has 3 aromatic carbocycles. The van der Waals surface area contributed by atoms with Gasteiger partial charge in [0.15, 0.2) is 0 Å². The van der Waals surface area contributed by atoms with Crippen LogP contribution in [0.4, 0.5) is 18.9 Å². The Bertz CT molecular complexity index is 1290. The molecule has 0 aromatic heterocycles. The van der Waals surface area contributed by atoms with E-state index in [0.717, 1.165) is 29.9 Å². The van der Waals surface area contributed by atoms with Crippen LogP contribution in [0.1, 0.15) is 40.4 Å². The predicted octanol–water partition coefficient (Wildman–Crippen LogP) is 6.57. The van der Waals surface area contributed by atoms with Crippen molar-refractivity contribution in [1.82, 2.24) is 5.32 Å². The fourth-order valence-corrected chi connectivity index (χ4v) is 4.95. The summed E-state index contributed by atoms with van der Waals surface area (Å²) in [6.07, 6.45) is -1.19. The normalized spacial score (nSPS) is 15.5. The van der Waals surface area contributed by atoms with Crippen LogP contribution in [0, 0.1) is 0 Å². The molecule has 0 saturated carbocycles. The highest BCUT2D eigenvalue weighted by atomic mass is 32.2. The molecule has 1 atom stereocenters. The molecule has 4 rings (SSSR count). The molecule has 4 nitrogen and oxygen atoms in total. The third-order valence-electron chi connectivity index (χ3n) is 5.94. The summed E-state index contributed by atoms with van der Waals surface area (Å²) < 4.78 is 38.4. The Balaban J connectivity index is 1.45. The number of nitrogens with zero attached hydrogens (tertiary/aromatic N) is 1. The number of carbonyl (C=O) groups is 2. The highest BCUT2D eigenvalue weighted by molar-refractivity contribution is 8.04. The number of aryl methyl sites for hydroxylation is 1. The maximum absolute atomic E-state index is 13.0. The Morgan fingerprint density at radius 3 is 2.42 bits per heavy atom. The lowest BCUT2D eigenvalue weighted by Crippen LogP contribution is -2.34. The number of alkyl halides is 3. The number of amides is 2. The molecule has 0 radical (unpaired) electrons. The van der Waals surface area contributed by atoms with Crippen LogP contribution >= 0.6 is 11.8 Å². The Labute approximate surface area is 212 Å². The zero-order valence-electron chi connectivity index (χ0n) is 19.8. The van der Waals surface area contributed by atoms with Crippen molar-refractivity contribution in [1.29, 1.82) is 0 Å². The molecule has 1 aliphatic rings. The van der Waals surface area contributed by atoms with E-state index in [9.17, 15) is 22.8 Å². The second-order valence-electron chi connectivity index (χ2n) is 8.68. The SMILES string of the molecule is CC(CCc1ccccc1)NC(=O)c1ccc2c(c1)N(C)C(=O)C(=Cc1ccc(C(F)(F)F)cc1)S2. The van der Waals surface area contributed by atoms with E-state index in [4.69, 9.17) is 0 Å². The first kappa shape index (κ1) is 25.6. The summed E-state index contributed by atoms with van der Waals surface area (Å²) in [6, 6.07) is 19.9. The van der Waals surface area contributed by atoms with Gasteiger partial charge in [0.05, 0.1) is 16.2 Å². The molecule has 1 heterocycles. The monoisotopic (exact) mass is 510 g/mol. The summed E-state index contributed by atoms with van der Waals surface area (Å²) in [5.41, 5.74) is 2.03. The van der Waals surface area contributed by atoms with Crippen LogP contribution in [0.3, 0.4) is 0 Å². The highest BCUT2D eigenvalue weighted by Gasteiger charge is 2.30. The van der Waals surface area contributed by atoms with Crippen LogP contribution in [-0.4, -0.2) is 24.9 Å². The number of carbonyl (C=O) groups excluding carboxylic acids is 2. The first-order valence-electron chi connectivity index (χ1n) is 11.5. The number of nitrogens with one attached hydrogen (secondary N) is 1. The van der Waals surface area contributed by atoms with Crippen LogP contribution in [-0.2, 0) is 17.4 Å². The zero-order chi connectivity index (χ0) is 25.9. The minimum Gasteiger partial charge on any atom is -0.350 e. The van der Waals surface area contributed by atoms with Gasteiger partial charge < -0.3 is 10.2 Å². The van der Waals surface area contributed by atoms with Crippen molar-refractivity contribution in [3.05, 3.63) is 100.0 Å². The topological polar surface area (TPSA) is 49.4 Å². The van der Waals surface area contributed by atoms with Gasteiger partial charge in [-0.05, 0) is 67.3 Å². The maximum atomic E-state index is 13.0. The van der Waals surface area contributed by atoms with E-state index in [0.29, 0.717) is 21.7 Å². The molecule has 0 saturated heterocycles. The predicted molar refractivity (Wildman–Crippen MR) is 137 cm³/mol. The maximum Gasteiger partial charge on any atom is 0.416 e. The lowest BCUT2D eigenvalue weighted by molar-refractivity contribution is -0.137. The van der Waals surface area contributed by atoms with E-state index in [1.807, 2.05) is 25.1 Å². The summed E-state index contributed by atoms with van der Waals surface area (Å²) in [6.45, 7) is 1.96. The molecule has 0 aliphatic carbocycles. The summed E-state index contributed by atoms with van der Waals surface area (Å²) in [5, 5.41) is 3.02. The molecule has 1 unspecified atom stereocenters. The molecule has 3 aromatic rings. The summed E-state index contributed by atoms with van der Waals surface area (Å²) in [7, 11) is 1.62. The molecule has 0 spiro atoms. The van der Waals surface area contributed by atoms with Crippen molar-refractivity contribution in [3.63, 3.8) is 0 Å². The molecule has 36 heavy (non-hydrogen) atoms. The van der Waals surface area contributed by atoms with Crippen molar-refractivity contribution in [3.8, 4) is 0 Å². The van der Waals surface area contributed by atoms with E-state index in [-0.39, 0.29) is 17.9 Å². The van der Waals surface area contributed by atoms with Crippen molar-refractivity contribution >= 4 is 35.3 Å². The van der Waals surface area contributed by atoms with Crippen LogP contribution < -0.4 is 10.2 Å². The van der Waals surface area contributed by atoms with Crippen molar-refractivity contribution in [2.45, 2.75) is 36.9 Å². The minimum atomic E-state index is -4.41. The molecule has 1 aliphatic heterocycles. The first-order chi connectivity index (χ1) is 17.1. The number of rotatable bonds is 6. The van der Waals surface area contributed by atoms with E-state index in [1.165, 1.54) is 34.4 Å². The van der Waals surface area contributed by atoms with Gasteiger partial charge in [0.25, 0.3) is 11.8 Å². The number of halogens is 3. The molecule has 1 N–H and O–H groups in total. The molecule has 8 heteroatoms. The lowest BCUT2D eigenvalue weighted by Gasteiger charge is -2.27. The number of fused-ring (bicyclic) bond motifs is 1. The fraction of sp³-hybridized carbons (Fsp3) is 0.214. The Hall–Kier alpha value is -3.52. The molecular formula is C28H25F3N2O2S. The lowest BCUT2D eigenvalue weighted by atomic mass is 10.1. The van der Waals surface area contributed by atoms with Crippen molar-refractivity contribution < 1.29 is 22.8 Å². The molecular weight excluding hydrogens is 485 g/mol. The Kier molecular flexibility index (Phi) is 7.54. The van der Waals surface area contributed by atoms with Gasteiger partial charge in [-0.15, -0.1) is 0 Å². The minimum absolute atomic E-state index is 0.0271. The smallest absolute Gasteiger partial charge is 0.350 e. The summed E-state index contributed by atoms with van der Waals surface area (Å²) in [5.74, 6) is -0.503. The number of thioether (sulfide) groups is 1. The zero-order valence-corrected chi connectivity index (χ0v) is 20.6. The fourth-order valence-electron chi connectivity index (χ4n) is 3.86. The first-order valence-corrected chi connectivity index (χ1v) is 12.3. The average molecular weight is 511 g/mol. The van der Waals surface area contributed by atoms with Gasteiger partial charge in [-0.2, -0.15) is 13.2 Å². The number of hydrogen-bond donors (Lipinski definition) is 1. The van der Waals surface area contributed by atoms with Gasteiger partial charge in [-0.3, -0.25) is 9.59 Å². The van der Waals surface area contributed by atoms with Crippen molar-refractivity contribution in [2.24, 2.45) is 0 Å². The van der Waals surface area contributed by atoms with Crippen LogP contribution in [0.25, 0.3) is 6.08 Å². The average Bonchev–Trinajstić information content (AvgIpc) is 2.86. The van der Waals surface area contributed by atoms with Crippen LogP contribution in [0.15, 0.2) is 82.6 Å². The number of benzene rings is 3. The number of likely N-dealkylation sites (N-methyl/N-ethyl adjacent to an activating group) is 1. The van der Waals surface area contributed by atoms with Gasteiger partial charge in [-0.25, -0.2) is 0 Å². The molecule has 0 fully saturated rings. The van der Waals surface area contributed by atoms with E-state index in [2.05, 4.69) is 17.4 Å².